The van der Waals surface area contributed by atoms with Gasteiger partial charge in [0.1, 0.15) is 16.7 Å². The summed E-state index contributed by atoms with van der Waals surface area (Å²) < 4.78 is 44.6. The molecule has 0 atom stereocenters. The van der Waals surface area contributed by atoms with E-state index in [4.69, 9.17) is 4.74 Å². The summed E-state index contributed by atoms with van der Waals surface area (Å²) in [6.45, 7) is 0. The zero-order valence-electron chi connectivity index (χ0n) is 15.1. The van der Waals surface area contributed by atoms with Crippen molar-refractivity contribution >= 4 is 22.5 Å². The third-order valence-electron chi connectivity index (χ3n) is 3.92. The van der Waals surface area contributed by atoms with Crippen LogP contribution in [0.25, 0.3) is 10.9 Å². The van der Waals surface area contributed by atoms with Gasteiger partial charge in [-0.25, -0.2) is 4.98 Å². The van der Waals surface area contributed by atoms with E-state index in [1.165, 1.54) is 36.7 Å². The summed E-state index contributed by atoms with van der Waals surface area (Å²) in [5.41, 5.74) is -0.661. The molecule has 0 amide bonds. The first-order chi connectivity index (χ1) is 14.4. The average molecular weight is 414 g/mol. The maximum absolute atomic E-state index is 13.0. The normalized spacial score (nSPS) is 11.4. The quantitative estimate of drug-likeness (QED) is 0.477. The largest absolute Gasteiger partial charge is 0.544 e. The van der Waals surface area contributed by atoms with Crippen LogP contribution in [0.4, 0.5) is 24.8 Å². The number of aromatic amines is 1. The number of fused-ring (bicyclic) bond motifs is 1. The fraction of sp³-hybridized carbons (Fsp3) is 0.0500. The lowest BCUT2D eigenvalue weighted by Crippen LogP contribution is -2.30. The van der Waals surface area contributed by atoms with E-state index in [0.717, 1.165) is 0 Å². The van der Waals surface area contributed by atoms with Crippen molar-refractivity contribution < 1.29 is 22.7 Å². The molecule has 0 fully saturated rings. The van der Waals surface area contributed by atoms with E-state index in [2.05, 4.69) is 19.8 Å². The Balaban J connectivity index is 1.81. The van der Waals surface area contributed by atoms with Gasteiger partial charge in [0.05, 0.1) is 18.1 Å². The summed E-state index contributed by atoms with van der Waals surface area (Å²) in [6.07, 6.45) is -2.43. The summed E-state index contributed by atoms with van der Waals surface area (Å²) in [7, 11) is 0. The highest BCUT2D eigenvalue weighted by molar-refractivity contribution is 5.84. The van der Waals surface area contributed by atoms with Gasteiger partial charge in [-0.05, 0) is 24.3 Å². The lowest BCUT2D eigenvalue weighted by atomic mass is 10.3. The van der Waals surface area contributed by atoms with Crippen molar-refractivity contribution in [1.82, 2.24) is 15.0 Å². The molecule has 0 radical (unpaired) electrons. The molecule has 0 saturated heterocycles. The third kappa shape index (κ3) is 4.23. The Morgan fingerprint density at radius 2 is 1.60 bits per heavy atom. The fourth-order valence-electron chi connectivity index (χ4n) is 2.72. The number of halogens is 3. The predicted octanol–water partition coefficient (Wildman–Crippen LogP) is 4.70. The molecule has 0 aliphatic carbocycles. The van der Waals surface area contributed by atoms with Crippen LogP contribution in [-0.2, 0) is 4.84 Å². The second kappa shape index (κ2) is 7.84. The number of rotatable bonds is 5. The standard InChI is InChI=1S/C20H13F3N4O3/c21-20(22,23)30-27(13-7-3-1-4-8-13)19-25-15-11-24-12-16(17(15)18(28)26-19)29-14-9-5-2-6-10-14/h1-12H,(H,25,26,28). The molecule has 2 aromatic carbocycles. The second-order valence-corrected chi connectivity index (χ2v) is 6.00. The molecule has 4 rings (SSSR count). The Morgan fingerprint density at radius 3 is 2.27 bits per heavy atom. The minimum absolute atomic E-state index is 0.0157. The third-order valence-corrected chi connectivity index (χ3v) is 3.92. The first kappa shape index (κ1) is 19.4. The van der Waals surface area contributed by atoms with Crippen LogP contribution in [0.1, 0.15) is 0 Å². The van der Waals surface area contributed by atoms with Crippen LogP contribution >= 0.6 is 0 Å². The Bertz CT molecular complexity index is 1210. The van der Waals surface area contributed by atoms with Crippen molar-refractivity contribution in [2.45, 2.75) is 6.36 Å². The molecule has 30 heavy (non-hydrogen) atoms. The number of pyridine rings is 1. The Labute approximate surface area is 167 Å². The zero-order valence-corrected chi connectivity index (χ0v) is 15.1. The molecular formula is C20H13F3N4O3. The molecule has 152 valence electrons. The van der Waals surface area contributed by atoms with Crippen molar-refractivity contribution in [3.05, 3.63) is 83.4 Å². The molecular weight excluding hydrogens is 401 g/mol. The van der Waals surface area contributed by atoms with Gasteiger partial charge in [-0.2, -0.15) is 9.90 Å². The molecule has 4 aromatic rings. The van der Waals surface area contributed by atoms with Gasteiger partial charge < -0.3 is 4.74 Å². The number of alkyl halides is 3. The summed E-state index contributed by atoms with van der Waals surface area (Å²) in [6, 6.07) is 16.1. The summed E-state index contributed by atoms with van der Waals surface area (Å²) >= 11 is 0. The van der Waals surface area contributed by atoms with E-state index in [1.807, 2.05) is 0 Å². The highest BCUT2D eigenvalue weighted by Crippen LogP contribution is 2.31. The van der Waals surface area contributed by atoms with Crippen molar-refractivity contribution in [2.75, 3.05) is 5.06 Å². The number of ether oxygens (including phenoxy) is 1. The van der Waals surface area contributed by atoms with Gasteiger partial charge in [0.25, 0.3) is 5.56 Å². The molecule has 1 N–H and O–H groups in total. The molecule has 2 aromatic heterocycles. The van der Waals surface area contributed by atoms with Crippen molar-refractivity contribution in [1.29, 1.82) is 0 Å². The Kier molecular flexibility index (Phi) is 5.07. The van der Waals surface area contributed by atoms with E-state index < -0.39 is 17.9 Å². The topological polar surface area (TPSA) is 80.3 Å². The number of para-hydroxylation sites is 2. The van der Waals surface area contributed by atoms with E-state index in [-0.39, 0.29) is 22.3 Å². The van der Waals surface area contributed by atoms with Gasteiger partial charge >= 0.3 is 6.36 Å². The van der Waals surface area contributed by atoms with E-state index in [9.17, 15) is 18.0 Å². The molecule has 2 heterocycles. The van der Waals surface area contributed by atoms with Crippen molar-refractivity contribution in [3.63, 3.8) is 0 Å². The van der Waals surface area contributed by atoms with E-state index in [0.29, 0.717) is 10.8 Å². The van der Waals surface area contributed by atoms with E-state index in [1.54, 1.807) is 36.4 Å². The SMILES string of the molecule is O=c1[nH]c(N(OC(F)(F)F)c2ccccc2)nc2cncc(Oc3ccccc3)c12. The first-order valence-electron chi connectivity index (χ1n) is 8.63. The fourth-order valence-corrected chi connectivity index (χ4v) is 2.72. The predicted molar refractivity (Wildman–Crippen MR) is 102 cm³/mol. The number of hydrogen-bond acceptors (Lipinski definition) is 6. The van der Waals surface area contributed by atoms with Crippen LogP contribution in [0, 0.1) is 0 Å². The van der Waals surface area contributed by atoms with Gasteiger partial charge in [0, 0.05) is 0 Å². The summed E-state index contributed by atoms with van der Waals surface area (Å²) in [5.74, 6) is 0.110. The molecule has 0 saturated carbocycles. The minimum Gasteiger partial charge on any atom is -0.455 e. The molecule has 10 heteroatoms. The number of aromatic nitrogens is 3. The number of benzene rings is 2. The van der Waals surface area contributed by atoms with Crippen LogP contribution in [0.3, 0.4) is 0 Å². The molecule has 0 spiro atoms. The minimum atomic E-state index is -5.01. The maximum Gasteiger partial charge on any atom is 0.544 e. The highest BCUT2D eigenvalue weighted by atomic mass is 19.4. The monoisotopic (exact) mass is 414 g/mol. The zero-order chi connectivity index (χ0) is 21.1. The summed E-state index contributed by atoms with van der Waals surface area (Å²) in [4.78, 5) is 27.2. The second-order valence-electron chi connectivity index (χ2n) is 6.00. The Morgan fingerprint density at radius 1 is 0.933 bits per heavy atom. The molecule has 7 nitrogen and oxygen atoms in total. The van der Waals surface area contributed by atoms with E-state index >= 15 is 0 Å². The van der Waals surface area contributed by atoms with Crippen molar-refractivity contribution in [2.24, 2.45) is 0 Å². The maximum atomic E-state index is 13.0. The average Bonchev–Trinajstić information content (AvgIpc) is 2.73. The van der Waals surface area contributed by atoms with Crippen LogP contribution < -0.4 is 15.4 Å². The van der Waals surface area contributed by atoms with Crippen molar-refractivity contribution in [3.8, 4) is 11.5 Å². The molecule has 0 bridgehead atoms. The smallest absolute Gasteiger partial charge is 0.455 e. The number of anilines is 2. The molecule has 0 aliphatic rings. The van der Waals surface area contributed by atoms with Crippen LogP contribution in [0.2, 0.25) is 0 Å². The van der Waals surface area contributed by atoms with Crippen LogP contribution in [-0.4, -0.2) is 21.3 Å². The first-order valence-corrected chi connectivity index (χ1v) is 8.63. The number of H-pyrrole nitrogens is 1. The van der Waals surface area contributed by atoms with Gasteiger partial charge in [-0.3, -0.25) is 14.8 Å². The van der Waals surface area contributed by atoms with Gasteiger partial charge in [-0.1, -0.05) is 36.4 Å². The molecule has 0 aliphatic heterocycles. The highest BCUT2D eigenvalue weighted by Gasteiger charge is 2.35. The summed E-state index contributed by atoms with van der Waals surface area (Å²) in [5, 5.41) is 0.434. The van der Waals surface area contributed by atoms with Crippen LogP contribution in [0.5, 0.6) is 11.5 Å². The molecule has 0 unspecified atom stereocenters. The number of nitrogens with zero attached hydrogens (tertiary/aromatic N) is 3. The number of nitrogens with one attached hydrogen (secondary N) is 1. The van der Waals surface area contributed by atoms with Gasteiger partial charge in [-0.15, -0.1) is 13.2 Å². The Hall–Kier alpha value is -3.92. The lowest BCUT2D eigenvalue weighted by Gasteiger charge is -2.23. The van der Waals surface area contributed by atoms with Gasteiger partial charge in [0.15, 0.2) is 5.75 Å². The lowest BCUT2D eigenvalue weighted by molar-refractivity contribution is -0.325. The van der Waals surface area contributed by atoms with Gasteiger partial charge in [0.2, 0.25) is 5.95 Å². The number of hydrogen-bond donors (Lipinski definition) is 1. The van der Waals surface area contributed by atoms with Crippen LogP contribution in [0.15, 0.2) is 77.9 Å².